The molecule has 168 valence electrons. The van der Waals surface area contributed by atoms with E-state index in [-0.39, 0.29) is 34.6 Å². The Kier molecular flexibility index (Phi) is 5.33. The molecule has 4 rings (SSSR count). The van der Waals surface area contributed by atoms with Crippen molar-refractivity contribution in [1.29, 1.82) is 0 Å². The van der Waals surface area contributed by atoms with Crippen molar-refractivity contribution in [3.05, 3.63) is 62.8 Å². The number of anilines is 1. The molecule has 1 saturated heterocycles. The molecule has 1 aliphatic rings. The van der Waals surface area contributed by atoms with Gasteiger partial charge in [-0.2, -0.15) is 13.2 Å². The lowest BCUT2D eigenvalue weighted by molar-refractivity contribution is -0.137. The Morgan fingerprint density at radius 3 is 2.62 bits per heavy atom. The van der Waals surface area contributed by atoms with Crippen molar-refractivity contribution < 1.29 is 27.5 Å². The smallest absolute Gasteiger partial charge is 0.416 e. The predicted octanol–water partition coefficient (Wildman–Crippen LogP) is 3.43. The molecule has 1 unspecified atom stereocenters. The highest BCUT2D eigenvalue weighted by atomic mass is 35.5. The summed E-state index contributed by atoms with van der Waals surface area (Å²) in [6.45, 7) is 0.657. The van der Waals surface area contributed by atoms with Crippen LogP contribution in [-0.2, 0) is 6.18 Å². The van der Waals surface area contributed by atoms with Gasteiger partial charge in [0.25, 0.3) is 0 Å². The van der Waals surface area contributed by atoms with Gasteiger partial charge in [-0.25, -0.2) is 14.2 Å². The maximum atomic E-state index is 15.0. The molecule has 3 aromatic rings. The maximum absolute atomic E-state index is 15.0. The van der Waals surface area contributed by atoms with E-state index in [2.05, 4.69) is 4.98 Å². The number of benzene rings is 1. The standard InChI is InChI=1S/C20H15ClF4N4O3/c21-15-16-11(6-13(22)17(15)28-4-2-10(26)7-28)18(30)12(19(31)32)8-29(16)14-5-9(1-3-27-14)20(23,24)25/h1,3,5-6,8,10H,2,4,7,26H2,(H,31,32). The largest absolute Gasteiger partial charge is 0.477 e. The van der Waals surface area contributed by atoms with E-state index in [0.29, 0.717) is 19.0 Å². The number of alkyl halides is 3. The summed E-state index contributed by atoms with van der Waals surface area (Å²) in [6.07, 6.45) is -2.41. The molecule has 0 amide bonds. The van der Waals surface area contributed by atoms with E-state index < -0.39 is 39.9 Å². The van der Waals surface area contributed by atoms with Crippen molar-refractivity contribution in [2.45, 2.75) is 18.6 Å². The summed E-state index contributed by atoms with van der Waals surface area (Å²) in [7, 11) is 0. The van der Waals surface area contributed by atoms with E-state index in [0.717, 1.165) is 29.1 Å². The van der Waals surface area contributed by atoms with Gasteiger partial charge in [0.05, 0.1) is 27.2 Å². The van der Waals surface area contributed by atoms with Gasteiger partial charge in [0.1, 0.15) is 17.2 Å². The molecule has 1 atom stereocenters. The molecular formula is C20H15ClF4N4O3. The number of hydrogen-bond acceptors (Lipinski definition) is 5. The van der Waals surface area contributed by atoms with Crippen molar-refractivity contribution in [2.24, 2.45) is 5.73 Å². The van der Waals surface area contributed by atoms with Crippen LogP contribution in [0, 0.1) is 5.82 Å². The minimum absolute atomic E-state index is 0.0738. The van der Waals surface area contributed by atoms with Crippen LogP contribution < -0.4 is 16.1 Å². The summed E-state index contributed by atoms with van der Waals surface area (Å²) >= 11 is 6.48. The molecule has 0 bridgehead atoms. The Hall–Kier alpha value is -3.18. The lowest BCUT2D eigenvalue weighted by Crippen LogP contribution is -2.27. The highest BCUT2D eigenvalue weighted by Gasteiger charge is 2.32. The lowest BCUT2D eigenvalue weighted by Gasteiger charge is -2.23. The topological polar surface area (TPSA) is 101 Å². The fourth-order valence-electron chi connectivity index (χ4n) is 3.74. The normalized spacial score (nSPS) is 16.7. The molecule has 0 saturated carbocycles. The number of rotatable bonds is 3. The number of pyridine rings is 2. The fraction of sp³-hybridized carbons (Fsp3) is 0.250. The van der Waals surface area contributed by atoms with Gasteiger partial charge < -0.3 is 15.7 Å². The zero-order chi connectivity index (χ0) is 23.4. The monoisotopic (exact) mass is 470 g/mol. The van der Waals surface area contributed by atoms with Gasteiger partial charge in [-0.3, -0.25) is 9.36 Å². The summed E-state index contributed by atoms with van der Waals surface area (Å²) in [5, 5.41) is 8.75. The van der Waals surface area contributed by atoms with E-state index in [9.17, 15) is 32.3 Å². The molecule has 0 aliphatic carbocycles. The van der Waals surface area contributed by atoms with E-state index in [1.165, 1.54) is 0 Å². The number of aromatic nitrogens is 2. The predicted molar refractivity (Wildman–Crippen MR) is 109 cm³/mol. The van der Waals surface area contributed by atoms with Gasteiger partial charge >= 0.3 is 12.1 Å². The van der Waals surface area contributed by atoms with Crippen LogP contribution in [0.1, 0.15) is 22.3 Å². The minimum Gasteiger partial charge on any atom is -0.477 e. The maximum Gasteiger partial charge on any atom is 0.416 e. The number of hydrogen-bond donors (Lipinski definition) is 2. The van der Waals surface area contributed by atoms with Crippen molar-refractivity contribution in [3.8, 4) is 5.82 Å². The van der Waals surface area contributed by atoms with Gasteiger partial charge in [0.15, 0.2) is 0 Å². The second-order valence-corrected chi connectivity index (χ2v) is 7.74. The Morgan fingerprint density at radius 1 is 1.31 bits per heavy atom. The molecule has 12 heteroatoms. The van der Waals surface area contributed by atoms with Crippen molar-refractivity contribution in [2.75, 3.05) is 18.0 Å². The van der Waals surface area contributed by atoms with E-state index in [4.69, 9.17) is 17.3 Å². The third-order valence-electron chi connectivity index (χ3n) is 5.25. The number of carboxylic acids is 1. The van der Waals surface area contributed by atoms with Crippen molar-refractivity contribution >= 4 is 34.2 Å². The van der Waals surface area contributed by atoms with Crippen LogP contribution in [0.5, 0.6) is 0 Å². The second-order valence-electron chi connectivity index (χ2n) is 7.36. The SMILES string of the molecule is NC1CCN(c2c(F)cc3c(=O)c(C(=O)O)cn(-c4cc(C(F)(F)F)ccn4)c3c2Cl)C1. The molecule has 3 heterocycles. The molecule has 1 aromatic carbocycles. The fourth-order valence-corrected chi connectivity index (χ4v) is 4.15. The van der Waals surface area contributed by atoms with Gasteiger partial charge in [-0.15, -0.1) is 0 Å². The van der Waals surface area contributed by atoms with Crippen LogP contribution in [0.15, 0.2) is 35.4 Å². The molecular weight excluding hydrogens is 456 g/mol. The summed E-state index contributed by atoms with van der Waals surface area (Å²) in [6, 6.07) is 2.02. The number of fused-ring (bicyclic) bond motifs is 1. The first-order valence-corrected chi connectivity index (χ1v) is 9.71. The average molecular weight is 471 g/mol. The van der Waals surface area contributed by atoms with E-state index >= 15 is 0 Å². The molecule has 7 nitrogen and oxygen atoms in total. The number of carboxylic acid groups (broad SMARTS) is 1. The molecule has 1 fully saturated rings. The van der Waals surface area contributed by atoms with Gasteiger partial charge in [-0.05, 0) is 24.6 Å². The number of halogens is 5. The Bertz CT molecular complexity index is 1310. The number of nitrogens with zero attached hydrogens (tertiary/aromatic N) is 3. The minimum atomic E-state index is -4.70. The number of aromatic carboxylic acids is 1. The number of nitrogens with two attached hydrogens (primary N) is 1. The quantitative estimate of drug-likeness (QED) is 0.569. The summed E-state index contributed by atoms with van der Waals surface area (Å²) in [5.41, 5.74) is 2.80. The highest BCUT2D eigenvalue weighted by Crippen LogP contribution is 2.38. The first kappa shape index (κ1) is 22.0. The average Bonchev–Trinajstić information content (AvgIpc) is 3.13. The van der Waals surface area contributed by atoms with Gasteiger partial charge in [-0.1, -0.05) is 11.6 Å². The van der Waals surface area contributed by atoms with Crippen LogP contribution in [0.2, 0.25) is 5.02 Å². The summed E-state index contributed by atoms with van der Waals surface area (Å²) in [5.74, 6) is -2.85. The third-order valence-corrected chi connectivity index (χ3v) is 5.61. The second kappa shape index (κ2) is 7.75. The Morgan fingerprint density at radius 2 is 2.03 bits per heavy atom. The molecule has 2 aromatic heterocycles. The third kappa shape index (κ3) is 3.67. The highest BCUT2D eigenvalue weighted by molar-refractivity contribution is 6.38. The summed E-state index contributed by atoms with van der Waals surface area (Å²) < 4.78 is 55.6. The van der Waals surface area contributed by atoms with Crippen LogP contribution in [0.25, 0.3) is 16.7 Å². The van der Waals surface area contributed by atoms with E-state index in [1.807, 2.05) is 0 Å². The van der Waals surface area contributed by atoms with Crippen LogP contribution in [0.4, 0.5) is 23.2 Å². The zero-order valence-electron chi connectivity index (χ0n) is 16.2. The lowest BCUT2D eigenvalue weighted by atomic mass is 10.1. The van der Waals surface area contributed by atoms with Crippen molar-refractivity contribution in [1.82, 2.24) is 9.55 Å². The Balaban J connectivity index is 2.09. The van der Waals surface area contributed by atoms with Crippen molar-refractivity contribution in [3.63, 3.8) is 0 Å². The molecule has 3 N–H and O–H groups in total. The van der Waals surface area contributed by atoms with E-state index in [1.54, 1.807) is 4.90 Å². The Labute approximate surface area is 182 Å². The van der Waals surface area contributed by atoms with Crippen LogP contribution >= 0.6 is 11.6 Å². The molecule has 0 spiro atoms. The number of carbonyl (C=O) groups is 1. The molecule has 32 heavy (non-hydrogen) atoms. The summed E-state index contributed by atoms with van der Waals surface area (Å²) in [4.78, 5) is 29.8. The molecule has 1 aliphatic heterocycles. The first-order valence-electron chi connectivity index (χ1n) is 9.34. The van der Waals surface area contributed by atoms with Crippen LogP contribution in [0.3, 0.4) is 0 Å². The zero-order valence-corrected chi connectivity index (χ0v) is 16.9. The van der Waals surface area contributed by atoms with Gasteiger partial charge in [0.2, 0.25) is 5.43 Å². The van der Waals surface area contributed by atoms with Crippen LogP contribution in [-0.4, -0.2) is 39.8 Å². The first-order chi connectivity index (χ1) is 15.0. The van der Waals surface area contributed by atoms with Gasteiger partial charge in [0, 0.05) is 31.5 Å². The molecule has 0 radical (unpaired) electrons.